The molecule has 0 aromatic carbocycles. The summed E-state index contributed by atoms with van der Waals surface area (Å²) in [5.74, 6) is -0.191. The van der Waals surface area contributed by atoms with Gasteiger partial charge in [-0.25, -0.2) is 18.4 Å². The van der Waals surface area contributed by atoms with Crippen LogP contribution in [0.1, 0.15) is 28.7 Å². The molecule has 1 N–H and O–H groups in total. The molecule has 134 valence electrons. The number of aromatic nitrogens is 3. The number of aryl methyl sites for hydroxylation is 1. The molecule has 1 saturated heterocycles. The second-order valence-electron chi connectivity index (χ2n) is 5.87. The van der Waals surface area contributed by atoms with Crippen molar-refractivity contribution < 1.29 is 13.2 Å². The highest BCUT2D eigenvalue weighted by Gasteiger charge is 2.35. The summed E-state index contributed by atoms with van der Waals surface area (Å²) < 4.78 is 23.3. The van der Waals surface area contributed by atoms with E-state index >= 15 is 0 Å². The van der Waals surface area contributed by atoms with Crippen molar-refractivity contribution >= 4 is 27.1 Å². The van der Waals surface area contributed by atoms with Crippen LogP contribution in [0.3, 0.4) is 0 Å². The van der Waals surface area contributed by atoms with Crippen molar-refractivity contribution in [2.24, 2.45) is 0 Å². The van der Waals surface area contributed by atoms with E-state index in [1.54, 1.807) is 12.3 Å². The number of nitrogens with zero attached hydrogens (tertiary/aromatic N) is 3. The molecule has 0 spiro atoms. The largest absolute Gasteiger partial charge is 0.335 e. The summed E-state index contributed by atoms with van der Waals surface area (Å²) in [5.41, 5.74) is -0.102. The summed E-state index contributed by atoms with van der Waals surface area (Å²) in [4.78, 5) is 37.5. The molecule has 2 aromatic heterocycles. The predicted molar refractivity (Wildman–Crippen MR) is 94.5 cm³/mol. The molecule has 0 saturated carbocycles. The molecule has 1 amide bonds. The molecule has 0 bridgehead atoms. The summed E-state index contributed by atoms with van der Waals surface area (Å²) in [6.07, 6.45) is 1.63. The number of amides is 1. The molecule has 25 heavy (non-hydrogen) atoms. The molecule has 10 heteroatoms. The van der Waals surface area contributed by atoms with Gasteiger partial charge in [0, 0.05) is 24.2 Å². The smallest absolute Gasteiger partial charge is 0.264 e. The van der Waals surface area contributed by atoms with E-state index in [4.69, 9.17) is 0 Å². The molecule has 3 rings (SSSR count). The Hall–Kier alpha value is -2.07. The maximum Gasteiger partial charge on any atom is 0.264 e. The van der Waals surface area contributed by atoms with Gasteiger partial charge in [0.1, 0.15) is 11.3 Å². The summed E-state index contributed by atoms with van der Waals surface area (Å²) in [6, 6.07) is -0.400. The molecule has 0 aliphatic carbocycles. The first-order valence-corrected chi connectivity index (χ1v) is 10.5. The van der Waals surface area contributed by atoms with Crippen LogP contribution in [-0.4, -0.2) is 58.3 Å². The first-order chi connectivity index (χ1) is 11.8. The average Bonchev–Trinajstić information content (AvgIpc) is 3.13. The van der Waals surface area contributed by atoms with Crippen molar-refractivity contribution in [1.29, 1.82) is 0 Å². The van der Waals surface area contributed by atoms with E-state index in [1.165, 1.54) is 22.4 Å². The van der Waals surface area contributed by atoms with Gasteiger partial charge in [-0.15, -0.1) is 11.3 Å². The summed E-state index contributed by atoms with van der Waals surface area (Å²) in [6.45, 7) is 3.93. The Kier molecular flexibility index (Phi) is 4.74. The van der Waals surface area contributed by atoms with E-state index in [-0.39, 0.29) is 17.1 Å². The van der Waals surface area contributed by atoms with Gasteiger partial charge in [0.25, 0.3) is 11.5 Å². The number of hydrogen-bond acceptors (Lipinski definition) is 7. The fraction of sp³-hybridized carbons (Fsp3) is 0.467. The van der Waals surface area contributed by atoms with Crippen LogP contribution in [0, 0.1) is 6.92 Å². The maximum absolute atomic E-state index is 12.7. The number of carbonyl (C=O) groups excluding carboxylic acids is 1. The number of aromatic amines is 1. The lowest BCUT2D eigenvalue weighted by atomic mass is 10.2. The van der Waals surface area contributed by atoms with Crippen molar-refractivity contribution in [3.63, 3.8) is 0 Å². The normalized spacial score (nSPS) is 19.0. The van der Waals surface area contributed by atoms with Gasteiger partial charge in [-0.2, -0.15) is 0 Å². The molecular weight excluding hydrogens is 364 g/mol. The minimum atomic E-state index is -3.12. The van der Waals surface area contributed by atoms with Gasteiger partial charge in [0.15, 0.2) is 15.7 Å². The Bertz CT molecular complexity index is 964. The molecule has 1 aliphatic heterocycles. The van der Waals surface area contributed by atoms with Gasteiger partial charge < -0.3 is 9.88 Å². The third-order valence-corrected chi connectivity index (χ3v) is 6.67. The van der Waals surface area contributed by atoms with Gasteiger partial charge in [0.2, 0.25) is 0 Å². The number of carbonyl (C=O) groups is 1. The van der Waals surface area contributed by atoms with Crippen LogP contribution in [0.15, 0.2) is 16.4 Å². The van der Waals surface area contributed by atoms with E-state index in [0.717, 1.165) is 5.01 Å². The van der Waals surface area contributed by atoms with E-state index < -0.39 is 27.3 Å². The molecule has 1 aliphatic rings. The lowest BCUT2D eigenvalue weighted by molar-refractivity contribution is 0.0706. The van der Waals surface area contributed by atoms with Crippen LogP contribution in [-0.2, 0) is 9.84 Å². The topological polar surface area (TPSA) is 113 Å². The fourth-order valence-electron chi connectivity index (χ4n) is 2.89. The number of thiazole rings is 1. The molecule has 8 nitrogen and oxygen atoms in total. The number of sulfone groups is 1. The summed E-state index contributed by atoms with van der Waals surface area (Å²) in [5, 5.41) is 2.62. The van der Waals surface area contributed by atoms with Crippen molar-refractivity contribution in [1.82, 2.24) is 19.9 Å². The van der Waals surface area contributed by atoms with Crippen molar-refractivity contribution in [3.05, 3.63) is 32.5 Å². The highest BCUT2D eigenvalue weighted by molar-refractivity contribution is 7.91. The Morgan fingerprint density at radius 2 is 2.24 bits per heavy atom. The Labute approximate surface area is 148 Å². The van der Waals surface area contributed by atoms with E-state index in [1.807, 2.05) is 6.92 Å². The Morgan fingerprint density at radius 1 is 1.48 bits per heavy atom. The van der Waals surface area contributed by atoms with Crippen LogP contribution in [0.25, 0.3) is 11.5 Å². The number of hydrogen-bond donors (Lipinski definition) is 1. The third-order valence-electron chi connectivity index (χ3n) is 4.14. The fourth-order valence-corrected chi connectivity index (χ4v) is 5.22. The number of H-pyrrole nitrogens is 1. The average molecular weight is 382 g/mol. The number of rotatable bonds is 4. The Balaban J connectivity index is 1.87. The predicted octanol–water partition coefficient (Wildman–Crippen LogP) is 0.851. The number of nitrogens with one attached hydrogen (secondary N) is 1. The van der Waals surface area contributed by atoms with Crippen molar-refractivity contribution in [2.75, 3.05) is 18.1 Å². The van der Waals surface area contributed by atoms with Crippen LogP contribution in [0.4, 0.5) is 0 Å². The molecule has 2 aromatic rings. The summed E-state index contributed by atoms with van der Waals surface area (Å²) >= 11 is 1.44. The highest BCUT2D eigenvalue weighted by Crippen LogP contribution is 2.20. The quantitative estimate of drug-likeness (QED) is 0.839. The van der Waals surface area contributed by atoms with E-state index in [2.05, 4.69) is 15.0 Å². The van der Waals surface area contributed by atoms with Gasteiger partial charge in [-0.05, 0) is 20.3 Å². The first kappa shape index (κ1) is 17.7. The maximum atomic E-state index is 12.7. The van der Waals surface area contributed by atoms with Gasteiger partial charge in [-0.1, -0.05) is 0 Å². The van der Waals surface area contributed by atoms with Gasteiger partial charge >= 0.3 is 0 Å². The minimum Gasteiger partial charge on any atom is -0.335 e. The van der Waals surface area contributed by atoms with Crippen LogP contribution in [0.2, 0.25) is 0 Å². The minimum absolute atomic E-state index is 0.0614. The summed E-state index contributed by atoms with van der Waals surface area (Å²) in [7, 11) is -3.12. The van der Waals surface area contributed by atoms with Crippen molar-refractivity contribution in [3.8, 4) is 11.5 Å². The molecule has 0 unspecified atom stereocenters. The standard InChI is InChI=1S/C15H18N4O4S2/c1-3-19(10-4-5-25(22,23)8-10)15(21)11-6-16-13(18-14(11)20)12-7-24-9(2)17-12/h6-7,10H,3-5,8H2,1-2H3,(H,16,18,20)/t10-/m0/s1. The monoisotopic (exact) mass is 382 g/mol. The Morgan fingerprint density at radius 3 is 2.76 bits per heavy atom. The SMILES string of the molecule is CCN(C(=O)c1cnc(-c2csc(C)n2)[nH]c1=O)[C@H]1CCS(=O)(=O)C1. The van der Waals surface area contributed by atoms with Gasteiger partial charge in [0.05, 0.1) is 16.5 Å². The lowest BCUT2D eigenvalue weighted by Crippen LogP contribution is -2.43. The molecule has 1 atom stereocenters. The highest BCUT2D eigenvalue weighted by atomic mass is 32.2. The lowest BCUT2D eigenvalue weighted by Gasteiger charge is -2.26. The van der Waals surface area contributed by atoms with Crippen LogP contribution < -0.4 is 5.56 Å². The first-order valence-electron chi connectivity index (χ1n) is 7.84. The zero-order valence-electron chi connectivity index (χ0n) is 13.9. The van der Waals surface area contributed by atoms with E-state index in [0.29, 0.717) is 24.5 Å². The van der Waals surface area contributed by atoms with Crippen molar-refractivity contribution in [2.45, 2.75) is 26.3 Å². The van der Waals surface area contributed by atoms with Crippen LogP contribution in [0.5, 0.6) is 0 Å². The second-order valence-corrected chi connectivity index (χ2v) is 9.17. The zero-order valence-corrected chi connectivity index (χ0v) is 15.5. The molecular formula is C15H18N4O4S2. The second kappa shape index (κ2) is 6.68. The zero-order chi connectivity index (χ0) is 18.2. The third kappa shape index (κ3) is 3.64. The van der Waals surface area contributed by atoms with E-state index in [9.17, 15) is 18.0 Å². The van der Waals surface area contributed by atoms with Crippen LogP contribution >= 0.6 is 11.3 Å². The molecule has 3 heterocycles. The van der Waals surface area contributed by atoms with Gasteiger partial charge in [-0.3, -0.25) is 9.59 Å². The molecule has 1 fully saturated rings. The molecule has 0 radical (unpaired) electrons.